The molecule has 0 aliphatic carbocycles. The molecular weight excluding hydrogens is 367 g/mol. The van der Waals surface area contributed by atoms with Crippen LogP contribution in [0.4, 0.5) is 11.4 Å². The number of carbonyl (C=O) groups is 1. The van der Waals surface area contributed by atoms with E-state index in [0.29, 0.717) is 33.0 Å². The van der Waals surface area contributed by atoms with Gasteiger partial charge in [-0.25, -0.2) is 4.79 Å². The Morgan fingerprint density at radius 2 is 1.83 bits per heavy atom. The molecule has 0 amide bonds. The Morgan fingerprint density at radius 3 is 2.50 bits per heavy atom. The molecule has 0 radical (unpaired) electrons. The molecule has 0 bridgehead atoms. The number of esters is 1. The van der Waals surface area contributed by atoms with Crippen LogP contribution in [0.5, 0.6) is 0 Å². The van der Waals surface area contributed by atoms with Crippen LogP contribution in [0.2, 0.25) is 10.0 Å². The number of carbonyl (C=O) groups excluding carboxylic acids is 1. The monoisotopic (exact) mass is 382 g/mol. The fraction of sp³-hybridized carbons (Fsp3) is 0.176. The number of halogens is 2. The minimum atomic E-state index is -0.338. The van der Waals surface area contributed by atoms with E-state index in [0.717, 1.165) is 12.1 Å². The van der Waals surface area contributed by atoms with Crippen molar-refractivity contribution in [3.63, 3.8) is 0 Å². The first-order valence-electron chi connectivity index (χ1n) is 7.30. The molecule has 4 nitrogen and oxygen atoms in total. The van der Waals surface area contributed by atoms with Crippen LogP contribution >= 0.6 is 35.4 Å². The van der Waals surface area contributed by atoms with Gasteiger partial charge in [0.2, 0.25) is 0 Å². The molecule has 2 aromatic rings. The molecule has 0 spiro atoms. The smallest absolute Gasteiger partial charge is 0.338 e. The van der Waals surface area contributed by atoms with Gasteiger partial charge < -0.3 is 15.4 Å². The molecule has 0 unspecified atom stereocenters. The largest absolute Gasteiger partial charge is 0.462 e. The highest BCUT2D eigenvalue weighted by atomic mass is 35.5. The summed E-state index contributed by atoms with van der Waals surface area (Å²) in [4.78, 5) is 11.7. The van der Waals surface area contributed by atoms with E-state index >= 15 is 0 Å². The van der Waals surface area contributed by atoms with Gasteiger partial charge in [-0.05, 0) is 55.0 Å². The van der Waals surface area contributed by atoms with Gasteiger partial charge in [-0.2, -0.15) is 0 Å². The van der Waals surface area contributed by atoms with Crippen LogP contribution in [0.1, 0.15) is 23.7 Å². The first kappa shape index (κ1) is 18.5. The summed E-state index contributed by atoms with van der Waals surface area (Å²) in [5, 5.41) is 7.20. The van der Waals surface area contributed by atoms with Crippen molar-refractivity contribution in [3.8, 4) is 0 Å². The lowest BCUT2D eigenvalue weighted by Crippen LogP contribution is -2.19. The van der Waals surface area contributed by atoms with Gasteiger partial charge in [-0.3, -0.25) is 0 Å². The highest BCUT2D eigenvalue weighted by Crippen LogP contribution is 2.29. The van der Waals surface area contributed by atoms with E-state index in [1.807, 2.05) is 6.92 Å². The maximum absolute atomic E-state index is 11.7. The summed E-state index contributed by atoms with van der Waals surface area (Å²) in [6, 6.07) is 12.1. The summed E-state index contributed by atoms with van der Waals surface area (Å²) >= 11 is 17.3. The maximum atomic E-state index is 11.7. The summed E-state index contributed by atoms with van der Waals surface area (Å²) < 4.78 is 5.08. The Hall–Kier alpha value is -1.82. The molecule has 7 heteroatoms. The van der Waals surface area contributed by atoms with Crippen molar-refractivity contribution in [2.24, 2.45) is 0 Å². The minimum absolute atomic E-state index is 0.338. The SMILES string of the molecule is CCCOC(=O)c1ccc(NC(=S)Nc2cccc(Cl)c2Cl)cc1. The molecule has 0 saturated carbocycles. The predicted molar refractivity (Wildman–Crippen MR) is 103 cm³/mol. The molecule has 2 rings (SSSR count). The van der Waals surface area contributed by atoms with E-state index in [2.05, 4.69) is 10.6 Å². The predicted octanol–water partition coefficient (Wildman–Crippen LogP) is 5.37. The van der Waals surface area contributed by atoms with Crippen molar-refractivity contribution in [1.29, 1.82) is 0 Å². The number of benzene rings is 2. The van der Waals surface area contributed by atoms with Crippen LogP contribution in [0.15, 0.2) is 42.5 Å². The summed E-state index contributed by atoms with van der Waals surface area (Å²) in [6.07, 6.45) is 0.789. The molecule has 0 aliphatic rings. The molecule has 0 atom stereocenters. The molecule has 24 heavy (non-hydrogen) atoms. The van der Waals surface area contributed by atoms with E-state index in [-0.39, 0.29) is 5.97 Å². The summed E-state index contributed by atoms with van der Waals surface area (Å²) in [7, 11) is 0. The fourth-order valence-corrected chi connectivity index (χ4v) is 2.43. The fourth-order valence-electron chi connectivity index (χ4n) is 1.85. The second kappa shape index (κ2) is 8.87. The molecule has 2 N–H and O–H groups in total. The van der Waals surface area contributed by atoms with Crippen LogP contribution in [-0.4, -0.2) is 17.7 Å². The third-order valence-electron chi connectivity index (χ3n) is 3.02. The lowest BCUT2D eigenvalue weighted by molar-refractivity contribution is 0.0505. The Balaban J connectivity index is 1.97. The number of ether oxygens (including phenoxy) is 1. The van der Waals surface area contributed by atoms with Crippen molar-refractivity contribution in [2.75, 3.05) is 17.2 Å². The molecule has 0 aromatic heterocycles. The molecule has 126 valence electrons. The number of hydrogen-bond acceptors (Lipinski definition) is 3. The first-order valence-corrected chi connectivity index (χ1v) is 8.47. The van der Waals surface area contributed by atoms with Crippen LogP contribution in [0, 0.1) is 0 Å². The van der Waals surface area contributed by atoms with E-state index in [4.69, 9.17) is 40.2 Å². The minimum Gasteiger partial charge on any atom is -0.462 e. The van der Waals surface area contributed by atoms with Gasteiger partial charge in [-0.15, -0.1) is 0 Å². The Bertz CT molecular complexity index is 736. The molecular formula is C17H16Cl2N2O2S. The molecule has 2 aromatic carbocycles. The number of thiocarbonyl (C=S) groups is 1. The normalized spacial score (nSPS) is 10.1. The van der Waals surface area contributed by atoms with Gasteiger partial charge in [-0.1, -0.05) is 36.2 Å². The van der Waals surface area contributed by atoms with Crippen LogP contribution in [-0.2, 0) is 4.74 Å². The Kier molecular flexibility index (Phi) is 6.85. The first-order chi connectivity index (χ1) is 11.5. The van der Waals surface area contributed by atoms with E-state index in [1.54, 1.807) is 42.5 Å². The van der Waals surface area contributed by atoms with Crippen molar-refractivity contribution < 1.29 is 9.53 Å². The summed E-state index contributed by atoms with van der Waals surface area (Å²) in [5.74, 6) is -0.338. The average Bonchev–Trinajstić information content (AvgIpc) is 2.57. The van der Waals surface area contributed by atoms with Gasteiger partial charge >= 0.3 is 5.97 Å². The van der Waals surface area contributed by atoms with E-state index in [1.165, 1.54) is 0 Å². The second-order valence-corrected chi connectivity index (χ2v) is 6.09. The van der Waals surface area contributed by atoms with Crippen molar-refractivity contribution >= 4 is 57.9 Å². The average molecular weight is 383 g/mol. The van der Waals surface area contributed by atoms with Crippen LogP contribution in [0.3, 0.4) is 0 Å². The van der Waals surface area contributed by atoms with Gasteiger partial charge in [0.05, 0.1) is 27.9 Å². The van der Waals surface area contributed by atoms with Crippen LogP contribution in [0.25, 0.3) is 0 Å². The topological polar surface area (TPSA) is 50.4 Å². The highest BCUT2D eigenvalue weighted by molar-refractivity contribution is 7.80. The highest BCUT2D eigenvalue weighted by Gasteiger charge is 2.08. The van der Waals surface area contributed by atoms with E-state index < -0.39 is 0 Å². The zero-order chi connectivity index (χ0) is 17.5. The van der Waals surface area contributed by atoms with E-state index in [9.17, 15) is 4.79 Å². The molecule has 0 saturated heterocycles. The second-order valence-electron chi connectivity index (χ2n) is 4.89. The van der Waals surface area contributed by atoms with Gasteiger partial charge in [0.25, 0.3) is 0 Å². The number of rotatable bonds is 5. The van der Waals surface area contributed by atoms with Gasteiger partial charge in [0.1, 0.15) is 0 Å². The standard InChI is InChI=1S/C17H16Cl2N2O2S/c1-2-10-23-16(22)11-6-8-12(9-7-11)20-17(24)21-14-5-3-4-13(18)15(14)19/h3-9H,2,10H2,1H3,(H2,20,21,24). The zero-order valence-corrected chi connectivity index (χ0v) is 15.3. The molecule has 0 fully saturated rings. The number of hydrogen-bond donors (Lipinski definition) is 2. The summed E-state index contributed by atoms with van der Waals surface area (Å²) in [6.45, 7) is 2.35. The molecule has 0 heterocycles. The zero-order valence-electron chi connectivity index (χ0n) is 12.9. The Labute approximate surface area is 156 Å². The van der Waals surface area contributed by atoms with Gasteiger partial charge in [0, 0.05) is 5.69 Å². The molecule has 0 aliphatic heterocycles. The van der Waals surface area contributed by atoms with Crippen molar-refractivity contribution in [3.05, 3.63) is 58.1 Å². The number of nitrogens with one attached hydrogen (secondary N) is 2. The lowest BCUT2D eigenvalue weighted by atomic mass is 10.2. The van der Waals surface area contributed by atoms with Crippen molar-refractivity contribution in [1.82, 2.24) is 0 Å². The quantitative estimate of drug-likeness (QED) is 0.537. The third kappa shape index (κ3) is 5.09. The lowest BCUT2D eigenvalue weighted by Gasteiger charge is -2.12. The van der Waals surface area contributed by atoms with Crippen molar-refractivity contribution in [2.45, 2.75) is 13.3 Å². The maximum Gasteiger partial charge on any atom is 0.338 e. The number of anilines is 2. The van der Waals surface area contributed by atoms with Gasteiger partial charge in [0.15, 0.2) is 5.11 Å². The van der Waals surface area contributed by atoms with Crippen LogP contribution < -0.4 is 10.6 Å². The summed E-state index contributed by atoms with van der Waals surface area (Å²) in [5.41, 5.74) is 1.84. The Morgan fingerprint density at radius 1 is 1.12 bits per heavy atom. The third-order valence-corrected chi connectivity index (χ3v) is 4.04.